The zero-order valence-electron chi connectivity index (χ0n) is 17.8. The summed E-state index contributed by atoms with van der Waals surface area (Å²) in [5.74, 6) is -0.263. The zero-order chi connectivity index (χ0) is 22.5. The first-order valence-corrected chi connectivity index (χ1v) is 10.6. The van der Waals surface area contributed by atoms with Gasteiger partial charge in [0, 0.05) is 17.1 Å². The first-order valence-electron chi connectivity index (χ1n) is 10.6. The molecule has 4 rings (SSSR count). The fourth-order valence-electron chi connectivity index (χ4n) is 3.83. The Kier molecular flexibility index (Phi) is 6.52. The Hall–Kier alpha value is -3.64. The lowest BCUT2D eigenvalue weighted by Crippen LogP contribution is -2.39. The number of H-pyrrole nitrogens is 1. The van der Waals surface area contributed by atoms with Crippen LogP contribution in [0.2, 0.25) is 0 Å². The van der Waals surface area contributed by atoms with Gasteiger partial charge < -0.3 is 20.1 Å². The van der Waals surface area contributed by atoms with E-state index in [1.807, 2.05) is 37.4 Å². The zero-order valence-corrected chi connectivity index (χ0v) is 17.8. The summed E-state index contributed by atoms with van der Waals surface area (Å²) in [6, 6.07) is 18.8. The van der Waals surface area contributed by atoms with Gasteiger partial charge in [-0.2, -0.15) is 0 Å². The molecule has 6 heteroatoms. The predicted octanol–water partition coefficient (Wildman–Crippen LogP) is 4.71. The maximum absolute atomic E-state index is 13.7. The molecule has 5 nitrogen and oxygen atoms in total. The fourth-order valence-corrected chi connectivity index (χ4v) is 3.83. The maximum Gasteiger partial charge on any atom is 0.255 e. The minimum absolute atomic E-state index is 0.210. The minimum atomic E-state index is -0.478. The standard InChI is InChI=1S/C26H25FN2O3/c1-2-32-25-11-10-18(17-6-5-7-20(27)12-17)14-23(25)26(31)29-21(16-30)13-19-15-28-24-9-4-3-8-22(19)24/h3-12,14-15,21,28,30H,2,13,16H2,1H3,(H,29,31). The molecule has 0 aliphatic rings. The average molecular weight is 432 g/mol. The fraction of sp³-hybridized carbons (Fsp3) is 0.192. The van der Waals surface area contributed by atoms with Crippen LogP contribution < -0.4 is 10.1 Å². The summed E-state index contributed by atoms with van der Waals surface area (Å²) in [5, 5.41) is 13.9. The summed E-state index contributed by atoms with van der Waals surface area (Å²) in [6.45, 7) is 2.03. The van der Waals surface area contributed by atoms with Crippen LogP contribution in [0.25, 0.3) is 22.0 Å². The molecule has 1 unspecified atom stereocenters. The van der Waals surface area contributed by atoms with Crippen molar-refractivity contribution in [2.75, 3.05) is 13.2 Å². The number of carbonyl (C=O) groups is 1. The topological polar surface area (TPSA) is 74.3 Å². The van der Waals surface area contributed by atoms with Crippen LogP contribution in [0.15, 0.2) is 72.9 Å². The van der Waals surface area contributed by atoms with E-state index < -0.39 is 6.04 Å². The number of aromatic nitrogens is 1. The molecule has 1 aromatic heterocycles. The van der Waals surface area contributed by atoms with Gasteiger partial charge in [-0.05, 0) is 60.4 Å². The number of hydrogen-bond acceptors (Lipinski definition) is 3. The first-order chi connectivity index (χ1) is 15.6. The van der Waals surface area contributed by atoms with Gasteiger partial charge in [0.1, 0.15) is 11.6 Å². The highest BCUT2D eigenvalue weighted by Crippen LogP contribution is 2.28. The molecule has 0 aliphatic carbocycles. The Morgan fingerprint density at radius 2 is 1.91 bits per heavy atom. The summed E-state index contributed by atoms with van der Waals surface area (Å²) < 4.78 is 19.3. The Bertz CT molecular complexity index is 1230. The smallest absolute Gasteiger partial charge is 0.255 e. The molecule has 3 aromatic carbocycles. The highest BCUT2D eigenvalue weighted by Gasteiger charge is 2.19. The van der Waals surface area contributed by atoms with Gasteiger partial charge in [0.15, 0.2) is 0 Å². The third kappa shape index (κ3) is 4.65. The Balaban J connectivity index is 1.59. The molecule has 0 saturated carbocycles. The van der Waals surface area contributed by atoms with E-state index >= 15 is 0 Å². The molecule has 0 saturated heterocycles. The SMILES string of the molecule is CCOc1ccc(-c2cccc(F)c2)cc1C(=O)NC(CO)Cc1c[nH]c2ccccc12. The largest absolute Gasteiger partial charge is 0.493 e. The summed E-state index contributed by atoms with van der Waals surface area (Å²) in [5.41, 5.74) is 3.73. The van der Waals surface area contributed by atoms with Crippen LogP contribution in [0.3, 0.4) is 0 Å². The highest BCUT2D eigenvalue weighted by atomic mass is 19.1. The maximum atomic E-state index is 13.7. The molecular weight excluding hydrogens is 407 g/mol. The first kappa shape index (κ1) is 21.6. The van der Waals surface area contributed by atoms with Gasteiger partial charge in [-0.1, -0.05) is 36.4 Å². The number of ether oxygens (including phenoxy) is 1. The summed E-state index contributed by atoms with van der Waals surface area (Å²) in [4.78, 5) is 16.4. The molecule has 0 radical (unpaired) electrons. The normalized spacial score (nSPS) is 12.0. The van der Waals surface area contributed by atoms with Crippen LogP contribution in [-0.2, 0) is 6.42 Å². The lowest BCUT2D eigenvalue weighted by molar-refractivity contribution is 0.0913. The average Bonchev–Trinajstić information content (AvgIpc) is 3.22. The Labute approximate surface area is 185 Å². The van der Waals surface area contributed by atoms with Crippen LogP contribution in [0.4, 0.5) is 4.39 Å². The molecule has 0 aliphatic heterocycles. The quantitative estimate of drug-likeness (QED) is 0.378. The molecule has 1 atom stereocenters. The summed E-state index contributed by atoms with van der Waals surface area (Å²) in [6.07, 6.45) is 2.37. The van der Waals surface area contributed by atoms with E-state index in [2.05, 4.69) is 10.3 Å². The third-order valence-electron chi connectivity index (χ3n) is 5.38. The minimum Gasteiger partial charge on any atom is -0.493 e. The van der Waals surface area contributed by atoms with Gasteiger partial charge in [-0.3, -0.25) is 4.79 Å². The number of carbonyl (C=O) groups excluding carboxylic acids is 1. The number of aliphatic hydroxyl groups is 1. The van der Waals surface area contributed by atoms with Crippen molar-refractivity contribution in [2.45, 2.75) is 19.4 Å². The third-order valence-corrected chi connectivity index (χ3v) is 5.38. The van der Waals surface area contributed by atoms with Gasteiger partial charge in [-0.15, -0.1) is 0 Å². The van der Waals surface area contributed by atoms with Crippen molar-refractivity contribution >= 4 is 16.8 Å². The van der Waals surface area contributed by atoms with Crippen molar-refractivity contribution in [3.8, 4) is 16.9 Å². The summed E-state index contributed by atoms with van der Waals surface area (Å²) in [7, 11) is 0. The van der Waals surface area contributed by atoms with Crippen molar-refractivity contribution in [3.05, 3.63) is 89.9 Å². The lowest BCUT2D eigenvalue weighted by Gasteiger charge is -2.18. The highest BCUT2D eigenvalue weighted by molar-refractivity contribution is 5.98. The van der Waals surface area contributed by atoms with Crippen molar-refractivity contribution in [1.29, 1.82) is 0 Å². The number of amides is 1. The van der Waals surface area contributed by atoms with Crippen molar-refractivity contribution in [1.82, 2.24) is 10.3 Å². The van der Waals surface area contributed by atoms with E-state index in [1.54, 1.807) is 30.3 Å². The van der Waals surface area contributed by atoms with Crippen LogP contribution >= 0.6 is 0 Å². The van der Waals surface area contributed by atoms with E-state index in [0.717, 1.165) is 16.5 Å². The van der Waals surface area contributed by atoms with Gasteiger partial charge in [0.05, 0.1) is 24.8 Å². The van der Waals surface area contributed by atoms with Gasteiger partial charge >= 0.3 is 0 Å². The molecule has 1 heterocycles. The van der Waals surface area contributed by atoms with Gasteiger partial charge in [0.25, 0.3) is 5.91 Å². The van der Waals surface area contributed by atoms with E-state index in [9.17, 15) is 14.3 Å². The molecule has 32 heavy (non-hydrogen) atoms. The second-order valence-electron chi connectivity index (χ2n) is 7.57. The number of nitrogens with one attached hydrogen (secondary N) is 2. The van der Waals surface area contributed by atoms with Crippen LogP contribution in [0.5, 0.6) is 5.75 Å². The Morgan fingerprint density at radius 1 is 1.09 bits per heavy atom. The molecule has 0 spiro atoms. The van der Waals surface area contributed by atoms with Crippen LogP contribution in [0, 0.1) is 5.82 Å². The van der Waals surface area contributed by atoms with Crippen molar-refractivity contribution < 1.29 is 19.0 Å². The molecule has 1 amide bonds. The van der Waals surface area contributed by atoms with E-state index in [0.29, 0.717) is 35.5 Å². The number of halogens is 1. The van der Waals surface area contributed by atoms with Crippen molar-refractivity contribution in [3.63, 3.8) is 0 Å². The van der Waals surface area contributed by atoms with Gasteiger partial charge in [0.2, 0.25) is 0 Å². The monoisotopic (exact) mass is 432 g/mol. The number of aromatic amines is 1. The Morgan fingerprint density at radius 3 is 2.69 bits per heavy atom. The van der Waals surface area contributed by atoms with Gasteiger partial charge in [-0.25, -0.2) is 4.39 Å². The van der Waals surface area contributed by atoms with E-state index in [4.69, 9.17) is 4.74 Å². The number of para-hydroxylation sites is 1. The molecule has 4 aromatic rings. The number of benzene rings is 3. The number of hydrogen-bond donors (Lipinski definition) is 3. The molecule has 164 valence electrons. The van der Waals surface area contributed by atoms with Crippen LogP contribution in [-0.4, -0.2) is 35.3 Å². The molecule has 3 N–H and O–H groups in total. The lowest BCUT2D eigenvalue weighted by atomic mass is 10.0. The number of rotatable bonds is 8. The molecule has 0 bridgehead atoms. The van der Waals surface area contributed by atoms with E-state index in [1.165, 1.54) is 12.1 Å². The molecule has 0 fully saturated rings. The van der Waals surface area contributed by atoms with Crippen molar-refractivity contribution in [2.24, 2.45) is 0 Å². The number of fused-ring (bicyclic) bond motifs is 1. The second-order valence-corrected chi connectivity index (χ2v) is 7.57. The molecular formula is C26H25FN2O3. The van der Waals surface area contributed by atoms with E-state index in [-0.39, 0.29) is 18.3 Å². The second kappa shape index (κ2) is 9.66. The number of aliphatic hydroxyl groups excluding tert-OH is 1. The summed E-state index contributed by atoms with van der Waals surface area (Å²) >= 11 is 0. The van der Waals surface area contributed by atoms with Crippen LogP contribution in [0.1, 0.15) is 22.8 Å². The predicted molar refractivity (Wildman–Crippen MR) is 123 cm³/mol.